The molecule has 2 N–H and O–H groups in total. The molecule has 0 spiro atoms. The number of aromatic nitrogens is 2. The zero-order valence-electron chi connectivity index (χ0n) is 29.3. The minimum absolute atomic E-state index is 1.16. The molecule has 0 radical (unpaired) electrons. The minimum Gasteiger partial charge on any atom is -0.354 e. The molecule has 3 nitrogen and oxygen atoms in total. The van der Waals surface area contributed by atoms with E-state index in [4.69, 9.17) is 0 Å². The van der Waals surface area contributed by atoms with Crippen LogP contribution in [0.4, 0.5) is 11.4 Å². The topological polar surface area (TPSA) is 34.8 Å². The monoisotopic (exact) mass is 693 g/mol. The smallest absolute Gasteiger partial charge is 0.184 e. The van der Waals surface area contributed by atoms with Gasteiger partial charge < -0.3 is 14.9 Å². The van der Waals surface area contributed by atoms with Crippen molar-refractivity contribution in [3.05, 3.63) is 182 Å². The van der Waals surface area contributed by atoms with Gasteiger partial charge in [0, 0.05) is 62.1 Å². The summed E-state index contributed by atoms with van der Waals surface area (Å²) in [7, 11) is -0.669. The molecule has 3 heterocycles. The summed E-state index contributed by atoms with van der Waals surface area (Å²) in [6.45, 7) is 0. The van der Waals surface area contributed by atoms with Gasteiger partial charge >= 0.3 is 0 Å². The number of benzene rings is 8. The molecule has 0 unspecified atom stereocenters. The number of para-hydroxylation sites is 4. The number of nitrogens with one attached hydrogen (secondary N) is 2. The Hall–Kier alpha value is -6.62. The first-order valence-electron chi connectivity index (χ1n) is 18.3. The van der Waals surface area contributed by atoms with Crippen molar-refractivity contribution in [1.82, 2.24) is 9.97 Å². The Labute approximate surface area is 308 Å². The van der Waals surface area contributed by atoms with Crippen LogP contribution in [0.2, 0.25) is 0 Å². The minimum atomic E-state index is -2.91. The van der Waals surface area contributed by atoms with Crippen LogP contribution in [0.25, 0.3) is 65.9 Å². The third-order valence-corrected chi connectivity index (χ3v) is 16.5. The maximum absolute atomic E-state index is 3.78. The van der Waals surface area contributed by atoms with E-state index in [9.17, 15) is 0 Å². The van der Waals surface area contributed by atoms with Crippen LogP contribution in [0, 0.1) is 0 Å². The van der Waals surface area contributed by atoms with E-state index in [1.165, 1.54) is 87.0 Å². The lowest BCUT2D eigenvalue weighted by atomic mass is 10.0. The van der Waals surface area contributed by atoms with Crippen LogP contribution in [0.15, 0.2) is 182 Å². The Kier molecular flexibility index (Phi) is 6.49. The number of nitrogens with zero attached hydrogens (tertiary/aromatic N) is 1. The number of anilines is 2. The van der Waals surface area contributed by atoms with Crippen LogP contribution in [-0.4, -0.2) is 25.1 Å². The number of fused-ring (bicyclic) bond motifs is 8. The molecular weight excluding hydrogens is 659 g/mol. The van der Waals surface area contributed by atoms with Gasteiger partial charge in [-0.1, -0.05) is 158 Å². The Morgan fingerprint density at radius 2 is 0.811 bits per heavy atom. The predicted octanol–water partition coefficient (Wildman–Crippen LogP) is 9.75. The van der Waals surface area contributed by atoms with Crippen molar-refractivity contribution in [2.45, 2.75) is 0 Å². The first kappa shape index (κ1) is 30.0. The van der Waals surface area contributed by atoms with Crippen LogP contribution in [0.1, 0.15) is 0 Å². The van der Waals surface area contributed by atoms with Gasteiger partial charge in [-0.05, 0) is 56.1 Å². The molecule has 10 aromatic rings. The molecule has 250 valence electrons. The van der Waals surface area contributed by atoms with Gasteiger partial charge in [0.15, 0.2) is 8.07 Å². The van der Waals surface area contributed by atoms with Gasteiger partial charge in [0.25, 0.3) is 0 Å². The van der Waals surface area contributed by atoms with E-state index in [2.05, 4.69) is 204 Å². The largest absolute Gasteiger partial charge is 0.354 e. The van der Waals surface area contributed by atoms with Crippen LogP contribution < -0.4 is 25.6 Å². The molecule has 8 aromatic carbocycles. The van der Waals surface area contributed by atoms with Crippen LogP contribution >= 0.6 is 0 Å². The highest BCUT2D eigenvalue weighted by Crippen LogP contribution is 2.39. The first-order chi connectivity index (χ1) is 26.2. The molecule has 0 saturated heterocycles. The number of rotatable bonds is 4. The molecule has 0 aliphatic carbocycles. The third-order valence-electron chi connectivity index (χ3n) is 11.6. The predicted molar refractivity (Wildman–Crippen MR) is 228 cm³/mol. The van der Waals surface area contributed by atoms with E-state index in [1.54, 1.807) is 0 Å². The summed E-state index contributed by atoms with van der Waals surface area (Å²) in [5, 5.41) is 10.6. The molecular formula is C49H35N3Si. The number of H-pyrrole nitrogens is 2. The lowest BCUT2D eigenvalue weighted by Gasteiger charge is -2.44. The summed E-state index contributed by atoms with van der Waals surface area (Å²) in [5.41, 5.74) is 12.1. The first-order valence-corrected chi connectivity index (χ1v) is 20.3. The Morgan fingerprint density at radius 3 is 1.28 bits per heavy atom. The molecule has 0 bridgehead atoms. The highest BCUT2D eigenvalue weighted by atomic mass is 28.3. The van der Waals surface area contributed by atoms with Crippen molar-refractivity contribution < 1.29 is 0 Å². The van der Waals surface area contributed by atoms with Crippen LogP contribution in [0.3, 0.4) is 0 Å². The van der Waals surface area contributed by atoms with E-state index in [0.29, 0.717) is 0 Å². The van der Waals surface area contributed by atoms with E-state index < -0.39 is 8.07 Å². The van der Waals surface area contributed by atoms with Gasteiger partial charge in [0.1, 0.15) is 0 Å². The Bertz CT molecular complexity index is 2820. The molecule has 1 aliphatic heterocycles. The zero-order valence-corrected chi connectivity index (χ0v) is 30.3. The zero-order chi connectivity index (χ0) is 35.1. The van der Waals surface area contributed by atoms with E-state index in [-0.39, 0.29) is 0 Å². The second-order valence-electron chi connectivity index (χ2n) is 14.3. The average Bonchev–Trinajstić information content (AvgIpc) is 3.80. The summed E-state index contributed by atoms with van der Waals surface area (Å²) in [6, 6.07) is 67.7. The lowest BCUT2D eigenvalue weighted by molar-refractivity contribution is 1.22. The molecule has 0 fully saturated rings. The van der Waals surface area contributed by atoms with E-state index >= 15 is 0 Å². The second-order valence-corrected chi connectivity index (χ2v) is 18.0. The third kappa shape index (κ3) is 4.27. The average molecular weight is 694 g/mol. The quantitative estimate of drug-likeness (QED) is 0.177. The molecule has 0 atom stereocenters. The van der Waals surface area contributed by atoms with Crippen molar-refractivity contribution >= 4 is 83.8 Å². The van der Waals surface area contributed by atoms with E-state index in [0.717, 1.165) is 11.0 Å². The maximum Gasteiger partial charge on any atom is 0.184 e. The Morgan fingerprint density at radius 1 is 0.396 bits per heavy atom. The fraction of sp³-hybridized carbons (Fsp3) is 0.0204. The van der Waals surface area contributed by atoms with Crippen molar-refractivity contribution in [3.8, 4) is 22.3 Å². The van der Waals surface area contributed by atoms with Crippen molar-refractivity contribution in [1.29, 1.82) is 0 Å². The molecule has 53 heavy (non-hydrogen) atoms. The summed E-state index contributed by atoms with van der Waals surface area (Å²) in [6.07, 6.45) is 0. The maximum atomic E-state index is 3.78. The van der Waals surface area contributed by atoms with Crippen molar-refractivity contribution in [2.24, 2.45) is 0 Å². The Balaban J connectivity index is 1.22. The molecule has 0 saturated carbocycles. The van der Waals surface area contributed by atoms with Gasteiger partial charge in [0.2, 0.25) is 0 Å². The second kappa shape index (κ2) is 11.4. The van der Waals surface area contributed by atoms with Gasteiger partial charge in [-0.25, -0.2) is 0 Å². The van der Waals surface area contributed by atoms with Crippen LogP contribution in [-0.2, 0) is 0 Å². The van der Waals surface area contributed by atoms with Gasteiger partial charge in [-0.15, -0.1) is 0 Å². The lowest BCUT2D eigenvalue weighted by Crippen LogP contribution is -2.77. The van der Waals surface area contributed by atoms with E-state index in [1.807, 2.05) is 0 Å². The normalized spacial score (nSPS) is 13.5. The summed E-state index contributed by atoms with van der Waals surface area (Å²) < 4.78 is 0. The van der Waals surface area contributed by atoms with Gasteiger partial charge in [0.05, 0.1) is 11.0 Å². The molecule has 1 aliphatic rings. The fourth-order valence-electron chi connectivity index (χ4n) is 9.26. The van der Waals surface area contributed by atoms with Crippen LogP contribution in [0.5, 0.6) is 0 Å². The molecule has 2 aromatic heterocycles. The summed E-state index contributed by atoms with van der Waals surface area (Å²) in [5.74, 6) is 0. The van der Waals surface area contributed by atoms with Gasteiger partial charge in [-0.3, -0.25) is 0 Å². The summed E-state index contributed by atoms with van der Waals surface area (Å²) in [4.78, 5) is 9.98. The molecule has 4 heteroatoms. The highest BCUT2D eigenvalue weighted by molar-refractivity contribution is 7.21. The summed E-state index contributed by atoms with van der Waals surface area (Å²) >= 11 is 0. The standard InChI is InChI=1S/C49H35N3Si/c1-52-44-28-26-32(36-20-12-22-40-38-18-8-10-24-42(38)50-48(36)40)30-46(44)53(34-14-4-2-5-15-34,35-16-6-3-7-17-35)47-31-33(27-29-45(47)52)37-21-13-23-41-39-19-9-11-25-43(39)51-49(37)41/h2-31,50-51H,1H3. The number of aromatic amines is 2. The van der Waals surface area contributed by atoms with Crippen molar-refractivity contribution in [3.63, 3.8) is 0 Å². The SMILES string of the molecule is CN1c2ccc(-c3cccc4c3[nH]c3ccccc34)cc2[Si](c2ccccc2)(c2ccccc2)c2cc(-c3cccc4c3[nH]c3ccccc34)ccc21. The molecule has 0 amide bonds. The van der Waals surface area contributed by atoms with Crippen molar-refractivity contribution in [2.75, 3.05) is 11.9 Å². The highest BCUT2D eigenvalue weighted by Gasteiger charge is 2.48. The van der Waals surface area contributed by atoms with Gasteiger partial charge in [-0.2, -0.15) is 0 Å². The number of hydrogen-bond donors (Lipinski definition) is 2. The molecule has 11 rings (SSSR count). The number of hydrogen-bond acceptors (Lipinski definition) is 1. The fourth-order valence-corrected chi connectivity index (χ4v) is 14.5.